The summed E-state index contributed by atoms with van der Waals surface area (Å²) in [7, 11) is 0. The van der Waals surface area contributed by atoms with E-state index in [1.807, 2.05) is 12.1 Å². The Bertz CT molecular complexity index is 560. The lowest BCUT2D eigenvalue weighted by atomic mass is 10.1. The van der Waals surface area contributed by atoms with E-state index in [0.29, 0.717) is 22.9 Å². The van der Waals surface area contributed by atoms with E-state index in [-0.39, 0.29) is 0 Å². The summed E-state index contributed by atoms with van der Waals surface area (Å²) in [4.78, 5) is 0. The maximum atomic E-state index is 8.78. The molecule has 0 aromatic heterocycles. The van der Waals surface area contributed by atoms with Gasteiger partial charge in [0.05, 0.1) is 16.7 Å². The largest absolute Gasteiger partial charge is 0.487 e. The first-order chi connectivity index (χ1) is 8.29. The molecule has 0 aliphatic rings. The summed E-state index contributed by atoms with van der Waals surface area (Å²) in [5, 5.41) is 9.31. The Morgan fingerprint density at radius 1 is 1.35 bits per heavy atom. The van der Waals surface area contributed by atoms with E-state index < -0.39 is 0 Å². The zero-order valence-corrected chi connectivity index (χ0v) is 9.74. The molecule has 2 rings (SSSR count). The van der Waals surface area contributed by atoms with Crippen LogP contribution < -0.4 is 4.74 Å². The third kappa shape index (κ3) is 2.99. The number of nitriles is 1. The van der Waals surface area contributed by atoms with Gasteiger partial charge in [0.15, 0.2) is 0 Å². The molecule has 0 amide bonds. The monoisotopic (exact) mass is 242 g/mol. The van der Waals surface area contributed by atoms with Crippen molar-refractivity contribution < 1.29 is 4.74 Å². The molecule has 1 radical (unpaired) electrons. The van der Waals surface area contributed by atoms with Gasteiger partial charge in [-0.1, -0.05) is 29.8 Å². The maximum absolute atomic E-state index is 8.78. The number of hydrogen-bond acceptors (Lipinski definition) is 2. The fraction of sp³-hybridized carbons (Fsp3) is 0.0714. The second kappa shape index (κ2) is 5.38. The van der Waals surface area contributed by atoms with Gasteiger partial charge in [-0.05, 0) is 35.9 Å². The number of benzene rings is 2. The van der Waals surface area contributed by atoms with Crippen LogP contribution in [0.25, 0.3) is 0 Å². The molecular weight excluding hydrogens is 234 g/mol. The third-order valence-electron chi connectivity index (χ3n) is 2.23. The van der Waals surface area contributed by atoms with Gasteiger partial charge in [0.2, 0.25) is 0 Å². The lowest BCUT2D eigenvalue weighted by Crippen LogP contribution is -1.96. The minimum atomic E-state index is 0.388. The van der Waals surface area contributed by atoms with Crippen molar-refractivity contribution in [2.75, 3.05) is 0 Å². The zero-order valence-electron chi connectivity index (χ0n) is 8.98. The summed E-state index contributed by atoms with van der Waals surface area (Å²) in [5.74, 6) is 0.618. The first kappa shape index (κ1) is 11.5. The highest BCUT2D eigenvalue weighted by atomic mass is 35.5. The average Bonchev–Trinajstić information content (AvgIpc) is 2.38. The maximum Gasteiger partial charge on any atom is 0.138 e. The molecular formula is C14H9ClNO. The second-order valence-corrected chi connectivity index (χ2v) is 3.86. The van der Waals surface area contributed by atoms with Crippen LogP contribution in [0, 0.1) is 17.4 Å². The smallest absolute Gasteiger partial charge is 0.138 e. The number of hydrogen-bond donors (Lipinski definition) is 0. The molecule has 0 heterocycles. The molecule has 0 saturated heterocycles. The Morgan fingerprint density at radius 2 is 2.24 bits per heavy atom. The lowest BCUT2D eigenvalue weighted by molar-refractivity contribution is 0.306. The van der Waals surface area contributed by atoms with Gasteiger partial charge >= 0.3 is 0 Å². The Morgan fingerprint density at radius 3 is 3.00 bits per heavy atom. The summed E-state index contributed by atoms with van der Waals surface area (Å²) in [6.07, 6.45) is 0. The predicted octanol–water partition coefficient (Wildman–Crippen LogP) is 3.59. The van der Waals surface area contributed by atoms with Gasteiger partial charge in [-0.3, -0.25) is 0 Å². The highest BCUT2D eigenvalue weighted by Crippen LogP contribution is 2.23. The summed E-state index contributed by atoms with van der Waals surface area (Å²) < 4.78 is 5.56. The topological polar surface area (TPSA) is 33.0 Å². The molecule has 0 bridgehead atoms. The summed E-state index contributed by atoms with van der Waals surface area (Å²) in [5.41, 5.74) is 1.56. The molecule has 83 valence electrons. The highest BCUT2D eigenvalue weighted by molar-refractivity contribution is 6.32. The van der Waals surface area contributed by atoms with Crippen molar-refractivity contribution >= 4 is 11.6 Å². The van der Waals surface area contributed by atoms with Gasteiger partial charge in [0, 0.05) is 0 Å². The molecule has 0 aliphatic heterocycles. The molecule has 2 aromatic rings. The first-order valence-corrected chi connectivity index (χ1v) is 5.45. The average molecular weight is 243 g/mol. The summed E-state index contributed by atoms with van der Waals surface area (Å²) in [6.45, 7) is 0.388. The molecule has 17 heavy (non-hydrogen) atoms. The quantitative estimate of drug-likeness (QED) is 0.824. The van der Waals surface area contributed by atoms with Crippen LogP contribution in [0.4, 0.5) is 0 Å². The Kier molecular flexibility index (Phi) is 3.64. The number of ether oxygens (including phenoxy) is 1. The molecule has 0 atom stereocenters. The van der Waals surface area contributed by atoms with Gasteiger partial charge in [-0.25, -0.2) is 0 Å². The molecule has 0 fully saturated rings. The number of nitrogens with zero attached hydrogens (tertiary/aromatic N) is 1. The van der Waals surface area contributed by atoms with Crippen LogP contribution in [-0.4, -0.2) is 0 Å². The normalized spacial score (nSPS) is 9.65. The number of halogens is 1. The minimum Gasteiger partial charge on any atom is -0.487 e. The predicted molar refractivity (Wildman–Crippen MR) is 65.8 cm³/mol. The van der Waals surface area contributed by atoms with Gasteiger partial charge in [0.25, 0.3) is 0 Å². The molecule has 0 spiro atoms. The zero-order chi connectivity index (χ0) is 12.1. The molecule has 0 N–H and O–H groups in total. The van der Waals surface area contributed by atoms with Crippen LogP contribution in [0.3, 0.4) is 0 Å². The SMILES string of the molecule is N#Cc1cccc(COc2cc[c]cc2Cl)c1. The van der Waals surface area contributed by atoms with Gasteiger partial charge in [-0.2, -0.15) is 5.26 Å². The van der Waals surface area contributed by atoms with Crippen molar-refractivity contribution in [3.63, 3.8) is 0 Å². The first-order valence-electron chi connectivity index (χ1n) is 5.07. The number of rotatable bonds is 3. The Balaban J connectivity index is 2.08. The van der Waals surface area contributed by atoms with E-state index in [2.05, 4.69) is 12.1 Å². The van der Waals surface area contributed by atoms with Gasteiger partial charge < -0.3 is 4.74 Å². The van der Waals surface area contributed by atoms with Crippen molar-refractivity contribution in [2.45, 2.75) is 6.61 Å². The fourth-order valence-electron chi connectivity index (χ4n) is 1.40. The van der Waals surface area contributed by atoms with Gasteiger partial charge in [-0.15, -0.1) is 0 Å². The van der Waals surface area contributed by atoms with Crippen molar-refractivity contribution in [3.05, 3.63) is 64.7 Å². The summed E-state index contributed by atoms with van der Waals surface area (Å²) in [6, 6.07) is 17.4. The molecule has 3 heteroatoms. The Hall–Kier alpha value is -1.98. The molecule has 0 saturated carbocycles. The van der Waals surface area contributed by atoms with E-state index >= 15 is 0 Å². The molecule has 2 aromatic carbocycles. The fourth-order valence-corrected chi connectivity index (χ4v) is 1.59. The standard InChI is InChI=1S/C14H9ClNO/c15-13-6-1-2-7-14(13)17-10-12-5-3-4-11(8-12)9-16/h2-8H,10H2. The highest BCUT2D eigenvalue weighted by Gasteiger charge is 2.01. The van der Waals surface area contributed by atoms with E-state index in [1.165, 1.54) is 0 Å². The van der Waals surface area contributed by atoms with E-state index in [1.54, 1.807) is 30.3 Å². The minimum absolute atomic E-state index is 0.388. The third-order valence-corrected chi connectivity index (χ3v) is 2.52. The summed E-state index contributed by atoms with van der Waals surface area (Å²) >= 11 is 5.94. The van der Waals surface area contributed by atoms with Crippen molar-refractivity contribution in [1.82, 2.24) is 0 Å². The Labute approximate surface area is 105 Å². The molecule has 0 unspecified atom stereocenters. The van der Waals surface area contributed by atoms with E-state index in [0.717, 1.165) is 5.56 Å². The van der Waals surface area contributed by atoms with Crippen LogP contribution in [0.15, 0.2) is 42.5 Å². The van der Waals surface area contributed by atoms with Crippen LogP contribution in [0.1, 0.15) is 11.1 Å². The van der Waals surface area contributed by atoms with E-state index in [4.69, 9.17) is 21.6 Å². The van der Waals surface area contributed by atoms with Crippen LogP contribution in [0.2, 0.25) is 5.02 Å². The van der Waals surface area contributed by atoms with Crippen LogP contribution >= 0.6 is 11.6 Å². The van der Waals surface area contributed by atoms with E-state index in [9.17, 15) is 0 Å². The molecule has 0 aliphatic carbocycles. The second-order valence-electron chi connectivity index (χ2n) is 3.46. The van der Waals surface area contributed by atoms with Crippen LogP contribution in [0.5, 0.6) is 5.75 Å². The van der Waals surface area contributed by atoms with Crippen molar-refractivity contribution in [1.29, 1.82) is 5.26 Å². The van der Waals surface area contributed by atoms with Crippen molar-refractivity contribution in [3.8, 4) is 11.8 Å². The van der Waals surface area contributed by atoms with Crippen molar-refractivity contribution in [2.24, 2.45) is 0 Å². The van der Waals surface area contributed by atoms with Crippen LogP contribution in [-0.2, 0) is 6.61 Å². The van der Waals surface area contributed by atoms with Gasteiger partial charge in [0.1, 0.15) is 12.4 Å². The lowest BCUT2D eigenvalue weighted by Gasteiger charge is -2.07. The molecule has 2 nitrogen and oxygen atoms in total.